The topological polar surface area (TPSA) is 76.5 Å². The van der Waals surface area contributed by atoms with Crippen LogP contribution in [-0.2, 0) is 0 Å². The van der Waals surface area contributed by atoms with Gasteiger partial charge in [0.2, 0.25) is 0 Å². The molecule has 7 nitrogen and oxygen atoms in total. The number of carbonyl (C=O) groups excluding carboxylic acids is 2. The highest BCUT2D eigenvalue weighted by molar-refractivity contribution is 5.97. The second kappa shape index (κ2) is 8.86. The van der Waals surface area contributed by atoms with Crippen LogP contribution in [-0.4, -0.2) is 46.4 Å². The second-order valence-corrected chi connectivity index (χ2v) is 5.59. The monoisotopic (exact) mass is 344 g/mol. The number of rotatable bonds is 7. The maximum atomic E-state index is 12.7. The molecule has 1 aromatic heterocycles. The maximum absolute atomic E-state index is 12.7. The van der Waals surface area contributed by atoms with Gasteiger partial charge in [-0.25, -0.2) is 4.79 Å². The first-order valence-electron chi connectivity index (χ1n) is 8.38. The highest BCUT2D eigenvalue weighted by atomic mass is 16.5. The third kappa shape index (κ3) is 4.59. The predicted octanol–water partition coefficient (Wildman–Crippen LogP) is 2.74. The number of nitrogens with one attached hydrogen (secondary N) is 1. The normalized spacial score (nSPS) is 11.6. The number of nitrogens with zero attached hydrogens (tertiary/aromatic N) is 3. The van der Waals surface area contributed by atoms with Crippen molar-refractivity contribution in [1.29, 1.82) is 0 Å². The molecule has 2 amide bonds. The third-order valence-corrected chi connectivity index (χ3v) is 3.75. The van der Waals surface area contributed by atoms with Crippen molar-refractivity contribution in [2.75, 3.05) is 13.7 Å². The van der Waals surface area contributed by atoms with E-state index in [-0.39, 0.29) is 11.9 Å². The lowest BCUT2D eigenvalue weighted by atomic mass is 10.1. The van der Waals surface area contributed by atoms with Gasteiger partial charge in [0.1, 0.15) is 11.9 Å². The predicted molar refractivity (Wildman–Crippen MR) is 94.6 cm³/mol. The Hall–Kier alpha value is -2.83. The fraction of sp³-hybridized carbons (Fsp3) is 0.389. The minimum absolute atomic E-state index is 0.279. The SMILES string of the molecule is CCCOc1ccccc1C(=O)NC(CC)N(C)C(=O)n1cccn1. The van der Waals surface area contributed by atoms with Crippen molar-refractivity contribution in [2.24, 2.45) is 0 Å². The van der Waals surface area contributed by atoms with Crippen molar-refractivity contribution in [3.8, 4) is 5.75 Å². The summed E-state index contributed by atoms with van der Waals surface area (Å²) in [6.07, 6.45) is 4.07. The molecule has 0 bridgehead atoms. The smallest absolute Gasteiger partial charge is 0.346 e. The van der Waals surface area contributed by atoms with Crippen LogP contribution in [0.15, 0.2) is 42.7 Å². The van der Waals surface area contributed by atoms with Gasteiger partial charge in [-0.15, -0.1) is 0 Å². The summed E-state index contributed by atoms with van der Waals surface area (Å²) in [4.78, 5) is 26.5. The van der Waals surface area contributed by atoms with E-state index in [1.165, 1.54) is 15.8 Å². The molecule has 2 rings (SSSR count). The van der Waals surface area contributed by atoms with Crippen molar-refractivity contribution in [3.63, 3.8) is 0 Å². The average Bonchev–Trinajstić information content (AvgIpc) is 3.18. The summed E-state index contributed by atoms with van der Waals surface area (Å²) in [6.45, 7) is 4.45. The summed E-state index contributed by atoms with van der Waals surface area (Å²) < 4.78 is 6.86. The Morgan fingerprint density at radius 2 is 2.04 bits per heavy atom. The highest BCUT2D eigenvalue weighted by Crippen LogP contribution is 2.18. The summed E-state index contributed by atoms with van der Waals surface area (Å²) in [6, 6.07) is 8.45. The number of ether oxygens (including phenoxy) is 1. The molecule has 1 aromatic carbocycles. The molecule has 0 saturated carbocycles. The van der Waals surface area contributed by atoms with Gasteiger partial charge in [-0.05, 0) is 31.0 Å². The van der Waals surface area contributed by atoms with Crippen molar-refractivity contribution in [3.05, 3.63) is 48.3 Å². The van der Waals surface area contributed by atoms with Crippen LogP contribution in [0.5, 0.6) is 5.75 Å². The van der Waals surface area contributed by atoms with Gasteiger partial charge in [-0.1, -0.05) is 26.0 Å². The van der Waals surface area contributed by atoms with E-state index < -0.39 is 6.17 Å². The minimum Gasteiger partial charge on any atom is -0.493 e. The molecule has 1 unspecified atom stereocenters. The molecule has 1 heterocycles. The van der Waals surface area contributed by atoms with Crippen molar-refractivity contribution in [1.82, 2.24) is 20.0 Å². The molecule has 0 aliphatic heterocycles. The van der Waals surface area contributed by atoms with Crippen LogP contribution < -0.4 is 10.1 Å². The van der Waals surface area contributed by atoms with Crippen LogP contribution in [0.4, 0.5) is 4.79 Å². The van der Waals surface area contributed by atoms with E-state index in [1.807, 2.05) is 19.9 Å². The van der Waals surface area contributed by atoms with E-state index in [0.29, 0.717) is 24.3 Å². The van der Waals surface area contributed by atoms with Crippen molar-refractivity contribution < 1.29 is 14.3 Å². The Balaban J connectivity index is 2.11. The van der Waals surface area contributed by atoms with Gasteiger partial charge in [0.15, 0.2) is 0 Å². The number of carbonyl (C=O) groups is 2. The molecule has 0 radical (unpaired) electrons. The molecule has 1 N–H and O–H groups in total. The van der Waals surface area contributed by atoms with Gasteiger partial charge in [0.25, 0.3) is 5.91 Å². The molecule has 25 heavy (non-hydrogen) atoms. The molecule has 1 atom stereocenters. The fourth-order valence-electron chi connectivity index (χ4n) is 2.37. The number of hydrogen-bond donors (Lipinski definition) is 1. The van der Waals surface area contributed by atoms with Crippen LogP contribution in [0, 0.1) is 0 Å². The van der Waals surface area contributed by atoms with Gasteiger partial charge in [0, 0.05) is 19.4 Å². The van der Waals surface area contributed by atoms with Crippen LogP contribution in [0.25, 0.3) is 0 Å². The van der Waals surface area contributed by atoms with E-state index in [9.17, 15) is 9.59 Å². The molecule has 7 heteroatoms. The van der Waals surface area contributed by atoms with Crippen LogP contribution in [0.3, 0.4) is 0 Å². The van der Waals surface area contributed by atoms with Gasteiger partial charge < -0.3 is 15.0 Å². The lowest BCUT2D eigenvalue weighted by Gasteiger charge is -2.28. The quantitative estimate of drug-likeness (QED) is 0.784. The van der Waals surface area contributed by atoms with Crippen LogP contribution in [0.1, 0.15) is 37.0 Å². The number of para-hydroxylation sites is 1. The first-order chi connectivity index (χ1) is 12.1. The zero-order valence-electron chi connectivity index (χ0n) is 14.8. The number of hydrogen-bond acceptors (Lipinski definition) is 4. The lowest BCUT2D eigenvalue weighted by molar-refractivity contribution is 0.0884. The molecular weight excluding hydrogens is 320 g/mol. The third-order valence-electron chi connectivity index (χ3n) is 3.75. The number of aromatic nitrogens is 2. The summed E-state index contributed by atoms with van der Waals surface area (Å²) in [5.41, 5.74) is 0.453. The minimum atomic E-state index is -0.455. The van der Waals surface area contributed by atoms with Crippen LogP contribution >= 0.6 is 0 Å². The summed E-state index contributed by atoms with van der Waals surface area (Å²) in [5.74, 6) is 0.261. The Kier molecular flexibility index (Phi) is 6.56. The van der Waals surface area contributed by atoms with E-state index in [1.54, 1.807) is 37.5 Å². The van der Waals surface area contributed by atoms with E-state index in [2.05, 4.69) is 10.4 Å². The molecule has 134 valence electrons. The zero-order chi connectivity index (χ0) is 18.2. The molecule has 0 aliphatic rings. The zero-order valence-corrected chi connectivity index (χ0v) is 14.8. The maximum Gasteiger partial charge on any atom is 0.346 e. The lowest BCUT2D eigenvalue weighted by Crippen LogP contribution is -2.50. The summed E-state index contributed by atoms with van der Waals surface area (Å²) in [5, 5.41) is 6.82. The number of benzene rings is 1. The van der Waals surface area contributed by atoms with E-state index in [4.69, 9.17) is 4.74 Å². The number of amides is 2. The summed E-state index contributed by atoms with van der Waals surface area (Å²) in [7, 11) is 1.64. The van der Waals surface area contributed by atoms with Gasteiger partial charge in [0.05, 0.1) is 12.2 Å². The summed E-state index contributed by atoms with van der Waals surface area (Å²) >= 11 is 0. The molecule has 0 spiro atoms. The Morgan fingerprint density at radius 1 is 1.28 bits per heavy atom. The van der Waals surface area contributed by atoms with Gasteiger partial charge in [-0.3, -0.25) is 4.79 Å². The molecule has 0 aliphatic carbocycles. The van der Waals surface area contributed by atoms with Gasteiger partial charge in [-0.2, -0.15) is 9.78 Å². The molecule has 0 fully saturated rings. The van der Waals surface area contributed by atoms with Gasteiger partial charge >= 0.3 is 6.03 Å². The van der Waals surface area contributed by atoms with E-state index >= 15 is 0 Å². The molecule has 2 aromatic rings. The Bertz CT molecular complexity index is 700. The highest BCUT2D eigenvalue weighted by Gasteiger charge is 2.23. The molecule has 0 saturated heterocycles. The van der Waals surface area contributed by atoms with Crippen molar-refractivity contribution >= 4 is 11.9 Å². The van der Waals surface area contributed by atoms with Crippen LogP contribution in [0.2, 0.25) is 0 Å². The second-order valence-electron chi connectivity index (χ2n) is 5.59. The first kappa shape index (κ1) is 18.5. The van der Waals surface area contributed by atoms with Crippen molar-refractivity contribution in [2.45, 2.75) is 32.9 Å². The Labute approximate surface area is 147 Å². The molecular formula is C18H24N4O3. The fourth-order valence-corrected chi connectivity index (χ4v) is 2.37. The largest absolute Gasteiger partial charge is 0.493 e. The first-order valence-corrected chi connectivity index (χ1v) is 8.38. The average molecular weight is 344 g/mol. The van der Waals surface area contributed by atoms with E-state index in [0.717, 1.165) is 6.42 Å². The standard InChI is InChI=1S/C18H24N4O3/c1-4-13-25-15-10-7-6-9-14(15)17(23)20-16(5-2)21(3)18(24)22-12-8-11-19-22/h6-12,16H,4-5,13H2,1-3H3,(H,20,23). The Morgan fingerprint density at radius 3 is 2.68 bits per heavy atom.